The van der Waals surface area contributed by atoms with E-state index >= 15 is 0 Å². The Morgan fingerprint density at radius 2 is 2.18 bits per heavy atom. The minimum absolute atomic E-state index is 0.190. The quantitative estimate of drug-likeness (QED) is 0.886. The standard InChI is InChI=1S/C15H17N3O3S/c1-10-18-12(8-22-10)4-5-16-15(19)17-7-11-2-3-13-14(6-11)21-9-20-13/h2-3,6,8H,4-5,7,9H2,1H3,(H2,16,17,19). The van der Waals surface area contributed by atoms with Crippen molar-refractivity contribution < 1.29 is 14.3 Å². The predicted molar refractivity (Wildman–Crippen MR) is 83.4 cm³/mol. The van der Waals surface area contributed by atoms with Crippen LogP contribution in [0.4, 0.5) is 4.79 Å². The van der Waals surface area contributed by atoms with Crippen molar-refractivity contribution in [3.05, 3.63) is 39.8 Å². The molecule has 0 atom stereocenters. The second kappa shape index (κ2) is 6.65. The molecule has 2 N–H and O–H groups in total. The van der Waals surface area contributed by atoms with Gasteiger partial charge < -0.3 is 20.1 Å². The van der Waals surface area contributed by atoms with Crippen molar-refractivity contribution in [3.8, 4) is 11.5 Å². The largest absolute Gasteiger partial charge is 0.454 e. The van der Waals surface area contributed by atoms with Crippen LogP contribution >= 0.6 is 11.3 Å². The van der Waals surface area contributed by atoms with Crippen molar-refractivity contribution in [3.63, 3.8) is 0 Å². The first-order chi connectivity index (χ1) is 10.7. The number of hydrogen-bond acceptors (Lipinski definition) is 5. The zero-order valence-electron chi connectivity index (χ0n) is 12.2. The third-order valence-electron chi connectivity index (χ3n) is 3.22. The highest BCUT2D eigenvalue weighted by molar-refractivity contribution is 7.09. The molecule has 0 unspecified atom stereocenters. The molecule has 0 radical (unpaired) electrons. The lowest BCUT2D eigenvalue weighted by Crippen LogP contribution is -2.36. The number of hydrogen-bond donors (Lipinski definition) is 2. The Kier molecular flexibility index (Phi) is 4.43. The number of carbonyl (C=O) groups excluding carboxylic acids is 1. The van der Waals surface area contributed by atoms with Gasteiger partial charge in [-0.2, -0.15) is 0 Å². The molecule has 22 heavy (non-hydrogen) atoms. The molecule has 2 amide bonds. The number of urea groups is 1. The summed E-state index contributed by atoms with van der Waals surface area (Å²) in [4.78, 5) is 16.1. The van der Waals surface area contributed by atoms with E-state index in [4.69, 9.17) is 9.47 Å². The fraction of sp³-hybridized carbons (Fsp3) is 0.333. The topological polar surface area (TPSA) is 72.5 Å². The van der Waals surface area contributed by atoms with Crippen LogP contribution in [0.25, 0.3) is 0 Å². The number of nitrogens with zero attached hydrogens (tertiary/aromatic N) is 1. The molecule has 1 aliphatic heterocycles. The zero-order chi connectivity index (χ0) is 15.4. The third-order valence-corrected chi connectivity index (χ3v) is 4.05. The Bertz CT molecular complexity index is 672. The van der Waals surface area contributed by atoms with Gasteiger partial charge in [0.05, 0.1) is 10.7 Å². The lowest BCUT2D eigenvalue weighted by molar-refractivity contribution is 0.174. The van der Waals surface area contributed by atoms with Crippen molar-refractivity contribution in [1.82, 2.24) is 15.6 Å². The van der Waals surface area contributed by atoms with Crippen LogP contribution in [-0.4, -0.2) is 24.4 Å². The molecule has 116 valence electrons. The van der Waals surface area contributed by atoms with E-state index in [1.54, 1.807) is 11.3 Å². The predicted octanol–water partition coefficient (Wildman–Crippen LogP) is 2.22. The first-order valence-corrected chi connectivity index (χ1v) is 7.90. The number of rotatable bonds is 5. The lowest BCUT2D eigenvalue weighted by Gasteiger charge is -2.07. The molecule has 0 aliphatic carbocycles. The summed E-state index contributed by atoms with van der Waals surface area (Å²) in [5.41, 5.74) is 1.98. The lowest BCUT2D eigenvalue weighted by atomic mass is 10.2. The molecule has 0 spiro atoms. The fourth-order valence-corrected chi connectivity index (χ4v) is 2.77. The number of thiazole rings is 1. The molecular weight excluding hydrogens is 302 g/mol. The van der Waals surface area contributed by atoms with Crippen LogP contribution in [0.5, 0.6) is 11.5 Å². The monoisotopic (exact) mass is 319 g/mol. The van der Waals surface area contributed by atoms with E-state index in [0.717, 1.165) is 34.2 Å². The number of fused-ring (bicyclic) bond motifs is 1. The van der Waals surface area contributed by atoms with Crippen molar-refractivity contribution >= 4 is 17.4 Å². The van der Waals surface area contributed by atoms with Gasteiger partial charge in [0.15, 0.2) is 11.5 Å². The first kappa shape index (κ1) is 14.6. The fourth-order valence-electron chi connectivity index (χ4n) is 2.12. The van der Waals surface area contributed by atoms with Gasteiger partial charge in [0.2, 0.25) is 6.79 Å². The number of aryl methyl sites for hydroxylation is 1. The summed E-state index contributed by atoms with van der Waals surface area (Å²) in [6, 6.07) is 5.44. The Labute approximate surface area is 132 Å². The van der Waals surface area contributed by atoms with Gasteiger partial charge in [-0.3, -0.25) is 0 Å². The molecular formula is C15H17N3O3S. The Morgan fingerprint density at radius 1 is 1.32 bits per heavy atom. The van der Waals surface area contributed by atoms with Crippen molar-refractivity contribution in [2.45, 2.75) is 19.9 Å². The number of aromatic nitrogens is 1. The molecule has 0 saturated heterocycles. The minimum Gasteiger partial charge on any atom is -0.454 e. The molecule has 6 nitrogen and oxygen atoms in total. The van der Waals surface area contributed by atoms with Crippen LogP contribution < -0.4 is 20.1 Å². The second-order valence-corrected chi connectivity index (χ2v) is 5.97. The smallest absolute Gasteiger partial charge is 0.315 e. The molecule has 2 heterocycles. The minimum atomic E-state index is -0.190. The first-order valence-electron chi connectivity index (χ1n) is 7.02. The molecule has 1 aromatic carbocycles. The summed E-state index contributed by atoms with van der Waals surface area (Å²) in [5, 5.41) is 8.70. The highest BCUT2D eigenvalue weighted by atomic mass is 32.1. The second-order valence-electron chi connectivity index (χ2n) is 4.90. The van der Waals surface area contributed by atoms with Gasteiger partial charge in [-0.15, -0.1) is 11.3 Å². The highest BCUT2D eigenvalue weighted by Crippen LogP contribution is 2.32. The van der Waals surface area contributed by atoms with Crippen LogP contribution in [0.3, 0.4) is 0 Å². The maximum absolute atomic E-state index is 11.7. The van der Waals surface area contributed by atoms with E-state index in [-0.39, 0.29) is 12.8 Å². The number of nitrogens with one attached hydrogen (secondary N) is 2. The van der Waals surface area contributed by atoms with Gasteiger partial charge in [0.25, 0.3) is 0 Å². The summed E-state index contributed by atoms with van der Waals surface area (Å²) in [7, 11) is 0. The summed E-state index contributed by atoms with van der Waals surface area (Å²) in [6.45, 7) is 3.23. The van der Waals surface area contributed by atoms with E-state index in [1.165, 1.54) is 0 Å². The maximum atomic E-state index is 11.7. The Morgan fingerprint density at radius 3 is 3.00 bits per heavy atom. The third kappa shape index (κ3) is 3.67. The van der Waals surface area contributed by atoms with Gasteiger partial charge >= 0.3 is 6.03 Å². The van der Waals surface area contributed by atoms with Crippen molar-refractivity contribution in [1.29, 1.82) is 0 Å². The number of carbonyl (C=O) groups is 1. The molecule has 7 heteroatoms. The van der Waals surface area contributed by atoms with Gasteiger partial charge in [0, 0.05) is 24.9 Å². The Hall–Kier alpha value is -2.28. The van der Waals surface area contributed by atoms with Crippen molar-refractivity contribution in [2.24, 2.45) is 0 Å². The zero-order valence-corrected chi connectivity index (χ0v) is 13.0. The summed E-state index contributed by atoms with van der Waals surface area (Å²) in [6.07, 6.45) is 0.738. The molecule has 0 saturated carbocycles. The van der Waals surface area contributed by atoms with Crippen LogP contribution in [0.1, 0.15) is 16.3 Å². The van der Waals surface area contributed by atoms with E-state index in [0.29, 0.717) is 13.1 Å². The van der Waals surface area contributed by atoms with Gasteiger partial charge in [-0.1, -0.05) is 6.07 Å². The van der Waals surface area contributed by atoms with Crippen LogP contribution in [0.2, 0.25) is 0 Å². The SMILES string of the molecule is Cc1nc(CCNC(=O)NCc2ccc3c(c2)OCO3)cs1. The van der Waals surface area contributed by atoms with Gasteiger partial charge in [0.1, 0.15) is 0 Å². The molecule has 0 bridgehead atoms. The number of benzene rings is 1. The van der Waals surface area contributed by atoms with E-state index < -0.39 is 0 Å². The molecule has 3 rings (SSSR count). The summed E-state index contributed by atoms with van der Waals surface area (Å²) in [5.74, 6) is 1.46. The van der Waals surface area contributed by atoms with Gasteiger partial charge in [-0.05, 0) is 24.6 Å². The average Bonchev–Trinajstić information content (AvgIpc) is 3.13. The molecule has 2 aromatic rings. The maximum Gasteiger partial charge on any atom is 0.315 e. The molecule has 0 fully saturated rings. The van der Waals surface area contributed by atoms with E-state index in [2.05, 4.69) is 15.6 Å². The molecule has 1 aliphatic rings. The Balaban J connectivity index is 1.40. The average molecular weight is 319 g/mol. The van der Waals surface area contributed by atoms with Crippen LogP contribution in [0.15, 0.2) is 23.6 Å². The molecule has 1 aromatic heterocycles. The number of ether oxygens (including phenoxy) is 2. The summed E-state index contributed by atoms with van der Waals surface area (Å²) < 4.78 is 10.6. The van der Waals surface area contributed by atoms with Crippen molar-refractivity contribution in [2.75, 3.05) is 13.3 Å². The highest BCUT2D eigenvalue weighted by Gasteiger charge is 2.13. The van der Waals surface area contributed by atoms with Crippen LogP contribution in [0, 0.1) is 6.92 Å². The number of amides is 2. The van der Waals surface area contributed by atoms with E-state index in [9.17, 15) is 4.79 Å². The van der Waals surface area contributed by atoms with E-state index in [1.807, 2.05) is 30.5 Å². The van der Waals surface area contributed by atoms with Gasteiger partial charge in [-0.25, -0.2) is 9.78 Å². The normalized spacial score (nSPS) is 12.2. The van der Waals surface area contributed by atoms with Crippen LogP contribution in [-0.2, 0) is 13.0 Å². The summed E-state index contributed by atoms with van der Waals surface area (Å²) >= 11 is 1.62.